The third kappa shape index (κ3) is 4.42. The second-order valence-electron chi connectivity index (χ2n) is 9.80. The van der Waals surface area contributed by atoms with Gasteiger partial charge in [-0.3, -0.25) is 14.5 Å². The molecule has 3 aromatic rings. The van der Waals surface area contributed by atoms with Gasteiger partial charge in [0, 0.05) is 35.0 Å². The highest BCUT2D eigenvalue weighted by molar-refractivity contribution is 6.34. The molecule has 186 valence electrons. The third-order valence-corrected chi connectivity index (χ3v) is 7.91. The van der Waals surface area contributed by atoms with Gasteiger partial charge in [-0.15, -0.1) is 0 Å². The van der Waals surface area contributed by atoms with Crippen LogP contribution in [-0.4, -0.2) is 29.9 Å². The molecule has 2 aliphatic carbocycles. The second kappa shape index (κ2) is 9.05. The van der Waals surface area contributed by atoms with Crippen molar-refractivity contribution in [2.75, 3.05) is 11.9 Å². The Balaban J connectivity index is 1.55. The van der Waals surface area contributed by atoms with Crippen molar-refractivity contribution in [1.82, 2.24) is 4.98 Å². The summed E-state index contributed by atoms with van der Waals surface area (Å²) < 4.78 is 20.9. The van der Waals surface area contributed by atoms with Crippen molar-refractivity contribution >= 4 is 40.8 Å². The molecule has 0 saturated heterocycles. The zero-order valence-electron chi connectivity index (χ0n) is 19.7. The first-order valence-corrected chi connectivity index (χ1v) is 12.3. The predicted octanol–water partition coefficient (Wildman–Crippen LogP) is 6.14. The lowest BCUT2D eigenvalue weighted by atomic mass is 10.0. The average Bonchev–Trinajstić information content (AvgIpc) is 3.35. The number of nitrogens with two attached hydrogens (primary N) is 1. The van der Waals surface area contributed by atoms with E-state index in [1.54, 1.807) is 24.3 Å². The molecule has 2 aromatic carbocycles. The minimum Gasteiger partial charge on any atom is -0.486 e. The smallest absolute Gasteiger partial charge is 0.263 e. The maximum atomic E-state index is 14.5. The topological polar surface area (TPSA) is 85.5 Å². The molecule has 5 rings (SSSR count). The van der Waals surface area contributed by atoms with Gasteiger partial charge in [0.15, 0.2) is 11.6 Å². The number of hydrogen-bond donors (Lipinski definition) is 1. The van der Waals surface area contributed by atoms with Crippen molar-refractivity contribution in [1.29, 1.82) is 0 Å². The van der Waals surface area contributed by atoms with E-state index in [1.165, 1.54) is 42.8 Å². The number of hydrogen-bond acceptors (Lipinski definition) is 4. The summed E-state index contributed by atoms with van der Waals surface area (Å²) in [7, 11) is 1.49. The second-order valence-corrected chi connectivity index (χ2v) is 10.6. The summed E-state index contributed by atoms with van der Waals surface area (Å²) in [5, 5.41) is 0.405. The summed E-state index contributed by atoms with van der Waals surface area (Å²) in [6, 6.07) is 10.5. The fourth-order valence-electron chi connectivity index (χ4n) is 5.10. The van der Waals surface area contributed by atoms with Gasteiger partial charge in [0.05, 0.1) is 16.7 Å². The largest absolute Gasteiger partial charge is 0.486 e. The van der Waals surface area contributed by atoms with Crippen molar-refractivity contribution in [2.45, 2.75) is 32.3 Å². The number of amides is 2. The minimum absolute atomic E-state index is 0.00444. The van der Waals surface area contributed by atoms with E-state index < -0.39 is 17.6 Å². The van der Waals surface area contributed by atoms with Crippen molar-refractivity contribution in [2.24, 2.45) is 17.1 Å². The van der Waals surface area contributed by atoms with Gasteiger partial charge in [-0.2, -0.15) is 0 Å². The van der Waals surface area contributed by atoms with Crippen molar-refractivity contribution in [3.05, 3.63) is 75.7 Å². The SMILES string of the molecule is CN(C(=O)c1c(F)cccc1Cl)c1ncc(-c2cc(C(N)=O)ccc2Cl)cc1OC1CC2CC2(C)C1. The first-order valence-electron chi connectivity index (χ1n) is 11.6. The van der Waals surface area contributed by atoms with E-state index in [2.05, 4.69) is 11.9 Å². The van der Waals surface area contributed by atoms with Crippen molar-refractivity contribution < 1.29 is 18.7 Å². The third-order valence-electron chi connectivity index (χ3n) is 7.27. The van der Waals surface area contributed by atoms with Gasteiger partial charge in [0.25, 0.3) is 5.91 Å². The number of anilines is 1. The van der Waals surface area contributed by atoms with Crippen molar-refractivity contribution in [3.63, 3.8) is 0 Å². The molecular weight excluding hydrogens is 504 g/mol. The number of pyridine rings is 1. The number of nitrogens with zero attached hydrogens (tertiary/aromatic N) is 2. The molecule has 0 bridgehead atoms. The van der Waals surface area contributed by atoms with E-state index >= 15 is 0 Å². The monoisotopic (exact) mass is 527 g/mol. The fraction of sp³-hybridized carbons (Fsp3) is 0.296. The molecule has 0 aliphatic heterocycles. The van der Waals surface area contributed by atoms with Gasteiger partial charge < -0.3 is 10.5 Å². The van der Waals surface area contributed by atoms with Gasteiger partial charge >= 0.3 is 0 Å². The molecule has 3 unspecified atom stereocenters. The number of benzene rings is 2. The quantitative estimate of drug-likeness (QED) is 0.417. The molecule has 36 heavy (non-hydrogen) atoms. The molecule has 0 radical (unpaired) electrons. The predicted molar refractivity (Wildman–Crippen MR) is 137 cm³/mol. The lowest BCUT2D eigenvalue weighted by Gasteiger charge is -2.24. The fourth-order valence-corrected chi connectivity index (χ4v) is 5.57. The zero-order valence-corrected chi connectivity index (χ0v) is 21.2. The zero-order chi connectivity index (χ0) is 25.8. The van der Waals surface area contributed by atoms with Crippen molar-refractivity contribution in [3.8, 4) is 16.9 Å². The van der Waals surface area contributed by atoms with Crippen LogP contribution in [0.2, 0.25) is 10.0 Å². The number of rotatable bonds is 6. The van der Waals surface area contributed by atoms with E-state index in [4.69, 9.17) is 33.7 Å². The van der Waals surface area contributed by atoms with E-state index in [9.17, 15) is 14.0 Å². The van der Waals surface area contributed by atoms with Crippen LogP contribution < -0.4 is 15.4 Å². The van der Waals surface area contributed by atoms with E-state index in [-0.39, 0.29) is 27.9 Å². The van der Waals surface area contributed by atoms with Crippen LogP contribution in [0.25, 0.3) is 11.1 Å². The van der Waals surface area contributed by atoms with Crippen LogP contribution in [-0.2, 0) is 0 Å². The Morgan fingerprint density at radius 2 is 1.94 bits per heavy atom. The lowest BCUT2D eigenvalue weighted by Crippen LogP contribution is -2.29. The Morgan fingerprint density at radius 1 is 1.17 bits per heavy atom. The molecule has 2 aliphatic rings. The summed E-state index contributed by atoms with van der Waals surface area (Å²) in [6.07, 6.45) is 4.48. The van der Waals surface area contributed by atoms with Gasteiger partial charge in [-0.05, 0) is 67.0 Å². The Hall–Kier alpha value is -3.16. The summed E-state index contributed by atoms with van der Waals surface area (Å²) in [4.78, 5) is 30.7. The van der Waals surface area contributed by atoms with Crippen LogP contribution in [0, 0.1) is 17.2 Å². The molecule has 3 atom stereocenters. The van der Waals surface area contributed by atoms with E-state index in [0.29, 0.717) is 33.4 Å². The Labute approximate surface area is 218 Å². The first-order chi connectivity index (χ1) is 17.1. The molecule has 2 saturated carbocycles. The molecule has 2 fully saturated rings. The standard InChI is InChI=1S/C27H24Cl2FN3O3/c1-27-11-16(27)10-17(12-27)36-22-9-15(18-8-14(24(31)34)6-7-19(18)28)13-32-25(22)33(2)26(35)23-20(29)4-3-5-21(23)30/h3-9,13,16-17H,10-12H2,1-2H3,(H2,31,34). The van der Waals surface area contributed by atoms with Crippen LogP contribution in [0.1, 0.15) is 46.9 Å². The maximum absolute atomic E-state index is 14.5. The molecular formula is C27H24Cl2FN3O3. The first kappa shape index (κ1) is 24.5. The van der Waals surface area contributed by atoms with Crippen LogP contribution >= 0.6 is 23.2 Å². The Kier molecular flexibility index (Phi) is 6.17. The average molecular weight is 528 g/mol. The minimum atomic E-state index is -0.725. The number of primary amides is 1. The van der Waals surface area contributed by atoms with Gasteiger partial charge in [0.2, 0.25) is 5.91 Å². The van der Waals surface area contributed by atoms with E-state index in [1.807, 2.05) is 0 Å². The van der Waals surface area contributed by atoms with Crippen LogP contribution in [0.3, 0.4) is 0 Å². The lowest BCUT2D eigenvalue weighted by molar-refractivity contribution is 0.0982. The van der Waals surface area contributed by atoms with Gasteiger partial charge in [0.1, 0.15) is 5.82 Å². The Morgan fingerprint density at radius 3 is 2.61 bits per heavy atom. The van der Waals surface area contributed by atoms with Crippen LogP contribution in [0.4, 0.5) is 10.2 Å². The summed E-state index contributed by atoms with van der Waals surface area (Å²) in [6.45, 7) is 2.25. The summed E-state index contributed by atoms with van der Waals surface area (Å²) in [5.41, 5.74) is 6.92. The number of aromatic nitrogens is 1. The number of carbonyl (C=O) groups is 2. The number of carbonyl (C=O) groups excluding carboxylic acids is 2. The summed E-state index contributed by atoms with van der Waals surface area (Å²) >= 11 is 12.6. The number of ether oxygens (including phenoxy) is 1. The molecule has 1 aromatic heterocycles. The van der Waals surface area contributed by atoms with Crippen LogP contribution in [0.5, 0.6) is 5.75 Å². The highest BCUT2D eigenvalue weighted by atomic mass is 35.5. The maximum Gasteiger partial charge on any atom is 0.263 e. The molecule has 1 heterocycles. The molecule has 2 amide bonds. The number of fused-ring (bicyclic) bond motifs is 1. The highest BCUT2D eigenvalue weighted by Crippen LogP contribution is 2.63. The van der Waals surface area contributed by atoms with Gasteiger partial charge in [-0.25, -0.2) is 9.37 Å². The van der Waals surface area contributed by atoms with Crippen LogP contribution in [0.15, 0.2) is 48.7 Å². The highest BCUT2D eigenvalue weighted by Gasteiger charge is 2.57. The van der Waals surface area contributed by atoms with Gasteiger partial charge in [-0.1, -0.05) is 36.2 Å². The molecule has 0 spiro atoms. The summed E-state index contributed by atoms with van der Waals surface area (Å²) in [5.74, 6) is -0.766. The normalized spacial score (nSPS) is 22.1. The molecule has 6 nitrogen and oxygen atoms in total. The Bertz CT molecular complexity index is 1380. The molecule has 9 heteroatoms. The number of halogens is 3. The molecule has 2 N–H and O–H groups in total. The van der Waals surface area contributed by atoms with E-state index in [0.717, 1.165) is 12.8 Å².